The summed E-state index contributed by atoms with van der Waals surface area (Å²) >= 11 is 5.72. The first-order valence-corrected chi connectivity index (χ1v) is 4.16. The first-order valence-electron chi connectivity index (χ1n) is 3.63. The highest BCUT2D eigenvalue weighted by molar-refractivity contribution is 6.17. The summed E-state index contributed by atoms with van der Waals surface area (Å²) in [6.07, 6.45) is 0. The van der Waals surface area contributed by atoms with E-state index >= 15 is 0 Å². The molecule has 0 aliphatic heterocycles. The third-order valence-electron chi connectivity index (χ3n) is 1.96. The fourth-order valence-corrected chi connectivity index (χ4v) is 1.31. The van der Waals surface area contributed by atoms with Crippen LogP contribution < -0.4 is 0 Å². The molecular weight excluding hydrogens is 156 g/mol. The second-order valence-electron chi connectivity index (χ2n) is 2.84. The molecule has 1 heteroatoms. The van der Waals surface area contributed by atoms with E-state index in [1.165, 1.54) is 11.1 Å². The van der Waals surface area contributed by atoms with Crippen LogP contribution in [0, 0.1) is 20.8 Å². The lowest BCUT2D eigenvalue weighted by Gasteiger charge is -2.05. The van der Waals surface area contributed by atoms with Gasteiger partial charge in [0.25, 0.3) is 0 Å². The summed E-state index contributed by atoms with van der Waals surface area (Å²) < 4.78 is 0. The van der Waals surface area contributed by atoms with Crippen LogP contribution in [-0.4, -0.2) is 0 Å². The van der Waals surface area contributed by atoms with Crippen molar-refractivity contribution in [3.8, 4) is 0 Å². The molecule has 0 nitrogen and oxygen atoms in total. The molecule has 59 valence electrons. The van der Waals surface area contributed by atoms with Crippen LogP contribution in [0.3, 0.4) is 0 Å². The molecule has 11 heavy (non-hydrogen) atoms. The Balaban J connectivity index is 3.21. The zero-order valence-electron chi connectivity index (χ0n) is 6.95. The van der Waals surface area contributed by atoms with Gasteiger partial charge in [-0.2, -0.15) is 0 Å². The summed E-state index contributed by atoms with van der Waals surface area (Å²) in [5.74, 6) is 0.556. The van der Waals surface area contributed by atoms with Crippen LogP contribution >= 0.6 is 11.6 Å². The minimum atomic E-state index is 0.556. The van der Waals surface area contributed by atoms with Crippen LogP contribution in [0.5, 0.6) is 0 Å². The summed E-state index contributed by atoms with van der Waals surface area (Å²) in [6, 6.07) is 4.18. The third kappa shape index (κ3) is 1.75. The molecule has 0 bridgehead atoms. The predicted octanol–water partition coefficient (Wildman–Crippen LogP) is 3.22. The molecule has 0 aliphatic rings. The maximum absolute atomic E-state index is 5.72. The van der Waals surface area contributed by atoms with Crippen molar-refractivity contribution < 1.29 is 0 Å². The second-order valence-corrected chi connectivity index (χ2v) is 3.11. The topological polar surface area (TPSA) is 0 Å². The Morgan fingerprint density at radius 3 is 2.36 bits per heavy atom. The summed E-state index contributed by atoms with van der Waals surface area (Å²) in [5, 5.41) is 0. The molecule has 0 aliphatic carbocycles. The molecule has 0 amide bonds. The molecule has 0 fully saturated rings. The largest absolute Gasteiger partial charge is 0.122 e. The molecule has 0 saturated carbocycles. The number of rotatable bonds is 1. The number of alkyl halides is 1. The molecule has 0 saturated heterocycles. The van der Waals surface area contributed by atoms with E-state index in [4.69, 9.17) is 11.6 Å². The van der Waals surface area contributed by atoms with Crippen LogP contribution in [0.1, 0.15) is 22.3 Å². The molecule has 0 spiro atoms. The highest BCUT2D eigenvalue weighted by atomic mass is 35.5. The lowest BCUT2D eigenvalue weighted by Crippen LogP contribution is -1.89. The minimum absolute atomic E-state index is 0.556. The van der Waals surface area contributed by atoms with E-state index in [0.29, 0.717) is 5.88 Å². The van der Waals surface area contributed by atoms with Crippen molar-refractivity contribution in [3.63, 3.8) is 0 Å². The monoisotopic (exact) mass is 167 g/mol. The van der Waals surface area contributed by atoms with Gasteiger partial charge in [-0.3, -0.25) is 0 Å². The number of hydrogen-bond donors (Lipinski definition) is 0. The van der Waals surface area contributed by atoms with Gasteiger partial charge in [0, 0.05) is 5.88 Å². The molecule has 0 heterocycles. The Morgan fingerprint density at radius 1 is 1.27 bits per heavy atom. The van der Waals surface area contributed by atoms with Gasteiger partial charge < -0.3 is 0 Å². The van der Waals surface area contributed by atoms with Gasteiger partial charge >= 0.3 is 0 Å². The standard InChI is InChI=1S/C10H12Cl/c1-7-4-9(3)10(6-11)5-8(7)2/h4-5H,3,6H2,1-2H3. The van der Waals surface area contributed by atoms with E-state index in [1.54, 1.807) is 0 Å². The quantitative estimate of drug-likeness (QED) is 0.564. The Kier molecular flexibility index (Phi) is 2.56. The van der Waals surface area contributed by atoms with Crippen molar-refractivity contribution in [1.29, 1.82) is 0 Å². The summed E-state index contributed by atoms with van der Waals surface area (Å²) in [4.78, 5) is 0. The van der Waals surface area contributed by atoms with Crippen molar-refractivity contribution in [1.82, 2.24) is 0 Å². The molecule has 1 aromatic carbocycles. The van der Waals surface area contributed by atoms with Crippen molar-refractivity contribution in [2.75, 3.05) is 0 Å². The van der Waals surface area contributed by atoms with Gasteiger partial charge in [-0.05, 0) is 43.0 Å². The van der Waals surface area contributed by atoms with Crippen LogP contribution in [0.2, 0.25) is 0 Å². The van der Waals surface area contributed by atoms with Crippen molar-refractivity contribution in [3.05, 3.63) is 41.3 Å². The molecule has 1 rings (SSSR count). The van der Waals surface area contributed by atoms with E-state index in [-0.39, 0.29) is 0 Å². The molecule has 0 aromatic heterocycles. The Hall–Kier alpha value is -0.490. The van der Waals surface area contributed by atoms with E-state index in [9.17, 15) is 0 Å². The average Bonchev–Trinajstić information content (AvgIpc) is 1.97. The van der Waals surface area contributed by atoms with E-state index < -0.39 is 0 Å². The lowest BCUT2D eigenvalue weighted by molar-refractivity contribution is 1.26. The van der Waals surface area contributed by atoms with Gasteiger partial charge in [0.1, 0.15) is 0 Å². The zero-order valence-corrected chi connectivity index (χ0v) is 7.70. The second kappa shape index (κ2) is 3.27. The highest BCUT2D eigenvalue weighted by Crippen LogP contribution is 2.16. The summed E-state index contributed by atoms with van der Waals surface area (Å²) in [6.45, 7) is 8.08. The van der Waals surface area contributed by atoms with Crippen LogP contribution in [-0.2, 0) is 5.88 Å². The molecule has 0 atom stereocenters. The minimum Gasteiger partial charge on any atom is -0.122 e. The number of aryl methyl sites for hydroxylation is 2. The third-order valence-corrected chi connectivity index (χ3v) is 2.25. The molecule has 0 unspecified atom stereocenters. The number of hydrogen-bond acceptors (Lipinski definition) is 0. The normalized spacial score (nSPS) is 10.2. The van der Waals surface area contributed by atoms with Crippen LogP contribution in [0.4, 0.5) is 0 Å². The fraction of sp³-hybridized carbons (Fsp3) is 0.300. The van der Waals surface area contributed by atoms with Gasteiger partial charge in [-0.25, -0.2) is 0 Å². The van der Waals surface area contributed by atoms with Gasteiger partial charge in [0.2, 0.25) is 0 Å². The fourth-order valence-electron chi connectivity index (χ4n) is 1.06. The van der Waals surface area contributed by atoms with Crippen LogP contribution in [0.25, 0.3) is 0 Å². The van der Waals surface area contributed by atoms with Crippen molar-refractivity contribution in [2.24, 2.45) is 0 Å². The maximum atomic E-state index is 5.72. The number of halogens is 1. The first kappa shape index (κ1) is 8.61. The smallest absolute Gasteiger partial charge is 0.0476 e. The Labute approximate surface area is 73.2 Å². The van der Waals surface area contributed by atoms with E-state index in [1.807, 2.05) is 0 Å². The van der Waals surface area contributed by atoms with Crippen LogP contribution in [0.15, 0.2) is 12.1 Å². The van der Waals surface area contributed by atoms with Crippen molar-refractivity contribution in [2.45, 2.75) is 19.7 Å². The van der Waals surface area contributed by atoms with Gasteiger partial charge in [0.15, 0.2) is 0 Å². The van der Waals surface area contributed by atoms with E-state index in [2.05, 4.69) is 32.9 Å². The van der Waals surface area contributed by atoms with E-state index in [0.717, 1.165) is 11.1 Å². The molecule has 1 aromatic rings. The van der Waals surface area contributed by atoms with Gasteiger partial charge in [-0.1, -0.05) is 12.1 Å². The Morgan fingerprint density at radius 2 is 1.82 bits per heavy atom. The number of benzene rings is 1. The van der Waals surface area contributed by atoms with Gasteiger partial charge in [-0.15, -0.1) is 11.6 Å². The SMILES string of the molecule is [CH2]c1cc(C)c(C)cc1CCl. The zero-order chi connectivity index (χ0) is 8.43. The highest BCUT2D eigenvalue weighted by Gasteiger charge is 1.99. The molecular formula is C10H12Cl. The Bertz CT molecular complexity index is 264. The lowest BCUT2D eigenvalue weighted by atomic mass is 10.0. The first-order chi connectivity index (χ1) is 5.15. The molecule has 0 N–H and O–H groups in total. The summed E-state index contributed by atoms with van der Waals surface area (Å²) in [5.41, 5.74) is 4.75. The van der Waals surface area contributed by atoms with Gasteiger partial charge in [0.05, 0.1) is 0 Å². The predicted molar refractivity (Wildman–Crippen MR) is 49.9 cm³/mol. The maximum Gasteiger partial charge on any atom is 0.0476 e. The average molecular weight is 168 g/mol. The molecule has 1 radical (unpaired) electrons. The summed E-state index contributed by atoms with van der Waals surface area (Å²) in [7, 11) is 0. The van der Waals surface area contributed by atoms with Crippen molar-refractivity contribution >= 4 is 11.6 Å².